The first-order valence-corrected chi connectivity index (χ1v) is 9.44. The van der Waals surface area contributed by atoms with Gasteiger partial charge in [0.1, 0.15) is 0 Å². The Labute approximate surface area is 146 Å². The Balaban J connectivity index is 2.14. The van der Waals surface area contributed by atoms with Gasteiger partial charge in [0.2, 0.25) is 0 Å². The van der Waals surface area contributed by atoms with Gasteiger partial charge in [0.15, 0.2) is 5.16 Å². The molecule has 0 saturated heterocycles. The summed E-state index contributed by atoms with van der Waals surface area (Å²) in [4.78, 5) is 28.8. The summed E-state index contributed by atoms with van der Waals surface area (Å²) in [6.45, 7) is 4.99. The van der Waals surface area contributed by atoms with Gasteiger partial charge in [0.25, 0.3) is 5.56 Å². The average molecular weight is 348 g/mol. The highest BCUT2D eigenvalue weighted by molar-refractivity contribution is 7.99. The van der Waals surface area contributed by atoms with Crippen LogP contribution in [0.2, 0.25) is 0 Å². The predicted octanol–water partition coefficient (Wildman–Crippen LogP) is 3.63. The second-order valence-electron chi connectivity index (χ2n) is 5.48. The highest BCUT2D eigenvalue weighted by Crippen LogP contribution is 2.19. The predicted molar refractivity (Wildman–Crippen MR) is 97.5 cm³/mol. The van der Waals surface area contributed by atoms with Crippen LogP contribution in [0, 0.1) is 0 Å². The third-order valence-electron chi connectivity index (χ3n) is 3.62. The normalized spacial score (nSPS) is 10.9. The van der Waals surface area contributed by atoms with Gasteiger partial charge in [-0.3, -0.25) is 14.2 Å². The van der Waals surface area contributed by atoms with E-state index in [0.717, 1.165) is 29.3 Å². The second kappa shape index (κ2) is 9.47. The Bertz CT molecular complexity index is 743. The van der Waals surface area contributed by atoms with Crippen LogP contribution in [-0.4, -0.2) is 27.9 Å². The number of rotatable bonds is 9. The van der Waals surface area contributed by atoms with Crippen molar-refractivity contribution >= 4 is 28.6 Å². The zero-order valence-corrected chi connectivity index (χ0v) is 15.1. The topological polar surface area (TPSA) is 61.2 Å². The van der Waals surface area contributed by atoms with E-state index in [1.165, 1.54) is 11.8 Å². The molecule has 130 valence electrons. The summed E-state index contributed by atoms with van der Waals surface area (Å²) in [6.07, 6.45) is 3.07. The molecule has 2 rings (SSSR count). The van der Waals surface area contributed by atoms with E-state index in [4.69, 9.17) is 4.74 Å². The van der Waals surface area contributed by atoms with Crippen molar-refractivity contribution in [3.63, 3.8) is 0 Å². The molecule has 5 nitrogen and oxygen atoms in total. The molecule has 1 aromatic heterocycles. The number of benzene rings is 1. The van der Waals surface area contributed by atoms with Gasteiger partial charge in [-0.15, -0.1) is 0 Å². The first-order valence-electron chi connectivity index (χ1n) is 8.45. The van der Waals surface area contributed by atoms with Crippen LogP contribution in [0.25, 0.3) is 10.9 Å². The number of aromatic nitrogens is 2. The minimum Gasteiger partial charge on any atom is -0.466 e. The zero-order valence-electron chi connectivity index (χ0n) is 14.3. The van der Waals surface area contributed by atoms with Gasteiger partial charge in [-0.2, -0.15) is 0 Å². The SMILES string of the molecule is CCCCn1c(SCCCC(=O)OCC)nc2ccccc2c1=O. The smallest absolute Gasteiger partial charge is 0.305 e. The number of esters is 1. The number of carbonyl (C=O) groups is 1. The van der Waals surface area contributed by atoms with Gasteiger partial charge in [-0.25, -0.2) is 4.98 Å². The Morgan fingerprint density at radius 1 is 1.25 bits per heavy atom. The lowest BCUT2D eigenvalue weighted by Crippen LogP contribution is -2.23. The van der Waals surface area contributed by atoms with Crippen molar-refractivity contribution in [3.8, 4) is 0 Å². The minimum absolute atomic E-state index is 0.0157. The van der Waals surface area contributed by atoms with Gasteiger partial charge in [-0.05, 0) is 31.9 Å². The molecule has 0 aliphatic rings. The van der Waals surface area contributed by atoms with Crippen LogP contribution >= 0.6 is 11.8 Å². The molecule has 0 spiro atoms. The number of carbonyl (C=O) groups excluding carboxylic acids is 1. The van der Waals surface area contributed by atoms with E-state index < -0.39 is 0 Å². The van der Waals surface area contributed by atoms with Crippen LogP contribution in [-0.2, 0) is 16.1 Å². The van der Waals surface area contributed by atoms with E-state index in [0.29, 0.717) is 31.4 Å². The molecule has 0 atom stereocenters. The summed E-state index contributed by atoms with van der Waals surface area (Å²) >= 11 is 1.53. The van der Waals surface area contributed by atoms with Gasteiger partial charge < -0.3 is 4.74 Å². The summed E-state index contributed by atoms with van der Waals surface area (Å²) < 4.78 is 6.69. The van der Waals surface area contributed by atoms with Gasteiger partial charge in [0.05, 0.1) is 17.5 Å². The third kappa shape index (κ3) is 4.84. The number of nitrogens with zero attached hydrogens (tertiary/aromatic N) is 2. The van der Waals surface area contributed by atoms with Gasteiger partial charge in [0, 0.05) is 18.7 Å². The monoisotopic (exact) mass is 348 g/mol. The van der Waals surface area contributed by atoms with E-state index in [1.807, 2.05) is 24.3 Å². The minimum atomic E-state index is -0.173. The number of hydrogen-bond donors (Lipinski definition) is 0. The number of thioether (sulfide) groups is 1. The van der Waals surface area contributed by atoms with E-state index in [9.17, 15) is 9.59 Å². The number of unbranched alkanes of at least 4 members (excludes halogenated alkanes) is 1. The molecule has 0 saturated carbocycles. The van der Waals surface area contributed by atoms with E-state index in [1.54, 1.807) is 11.5 Å². The third-order valence-corrected chi connectivity index (χ3v) is 4.69. The van der Waals surface area contributed by atoms with E-state index in [-0.39, 0.29) is 11.5 Å². The summed E-state index contributed by atoms with van der Waals surface area (Å²) in [5, 5.41) is 1.39. The Kier molecular flexibility index (Phi) is 7.31. The molecule has 0 N–H and O–H groups in total. The molecule has 0 aliphatic heterocycles. The van der Waals surface area contributed by atoms with Crippen molar-refractivity contribution in [3.05, 3.63) is 34.6 Å². The quantitative estimate of drug-likeness (QED) is 0.300. The molecule has 0 unspecified atom stereocenters. The summed E-state index contributed by atoms with van der Waals surface area (Å²) in [5.74, 6) is 0.559. The van der Waals surface area contributed by atoms with E-state index >= 15 is 0 Å². The standard InChI is InChI=1S/C18H24N2O3S/c1-3-5-12-20-17(22)14-9-6-7-10-15(14)19-18(20)24-13-8-11-16(21)23-4-2/h6-7,9-10H,3-5,8,11-13H2,1-2H3. The van der Waals surface area contributed by atoms with Gasteiger partial charge >= 0.3 is 5.97 Å². The van der Waals surface area contributed by atoms with E-state index in [2.05, 4.69) is 11.9 Å². The second-order valence-corrected chi connectivity index (χ2v) is 6.54. The maximum absolute atomic E-state index is 12.7. The molecular formula is C18H24N2O3S. The number of hydrogen-bond acceptors (Lipinski definition) is 5. The molecule has 1 heterocycles. The number of fused-ring (bicyclic) bond motifs is 1. The maximum Gasteiger partial charge on any atom is 0.305 e. The van der Waals surface area contributed by atoms with Crippen LogP contribution in [0.5, 0.6) is 0 Å². The maximum atomic E-state index is 12.7. The molecule has 1 aromatic carbocycles. The Morgan fingerprint density at radius 3 is 2.79 bits per heavy atom. The van der Waals surface area contributed by atoms with Crippen LogP contribution in [0.15, 0.2) is 34.2 Å². The van der Waals surface area contributed by atoms with Crippen molar-refractivity contribution in [2.24, 2.45) is 0 Å². The molecule has 24 heavy (non-hydrogen) atoms. The van der Waals surface area contributed by atoms with Crippen molar-refractivity contribution in [1.29, 1.82) is 0 Å². The first-order chi connectivity index (χ1) is 11.7. The van der Waals surface area contributed by atoms with Crippen molar-refractivity contribution < 1.29 is 9.53 Å². The van der Waals surface area contributed by atoms with Crippen molar-refractivity contribution in [1.82, 2.24) is 9.55 Å². The van der Waals surface area contributed by atoms with Gasteiger partial charge in [-0.1, -0.05) is 37.2 Å². The van der Waals surface area contributed by atoms with Crippen LogP contribution in [0.1, 0.15) is 39.5 Å². The lowest BCUT2D eigenvalue weighted by atomic mass is 10.2. The van der Waals surface area contributed by atoms with Crippen LogP contribution < -0.4 is 5.56 Å². The van der Waals surface area contributed by atoms with Crippen LogP contribution in [0.4, 0.5) is 0 Å². The fourth-order valence-electron chi connectivity index (χ4n) is 2.38. The fourth-order valence-corrected chi connectivity index (χ4v) is 3.35. The zero-order chi connectivity index (χ0) is 17.4. The lowest BCUT2D eigenvalue weighted by molar-refractivity contribution is -0.143. The molecule has 0 radical (unpaired) electrons. The summed E-state index contributed by atoms with van der Waals surface area (Å²) in [6, 6.07) is 7.44. The number of para-hydroxylation sites is 1. The molecule has 0 bridgehead atoms. The fraction of sp³-hybridized carbons (Fsp3) is 0.500. The molecule has 0 amide bonds. The summed E-state index contributed by atoms with van der Waals surface area (Å²) in [5.41, 5.74) is 0.741. The first kappa shape index (κ1) is 18.5. The van der Waals surface area contributed by atoms with Crippen molar-refractivity contribution in [2.75, 3.05) is 12.4 Å². The molecule has 0 aliphatic carbocycles. The van der Waals surface area contributed by atoms with Crippen LogP contribution in [0.3, 0.4) is 0 Å². The molecule has 0 fully saturated rings. The largest absolute Gasteiger partial charge is 0.466 e. The lowest BCUT2D eigenvalue weighted by Gasteiger charge is -2.12. The van der Waals surface area contributed by atoms with Crippen molar-refractivity contribution in [2.45, 2.75) is 51.2 Å². The highest BCUT2D eigenvalue weighted by atomic mass is 32.2. The molecule has 6 heteroatoms. The molecular weight excluding hydrogens is 324 g/mol. The average Bonchev–Trinajstić information content (AvgIpc) is 2.58. The summed E-state index contributed by atoms with van der Waals surface area (Å²) in [7, 11) is 0. The number of ether oxygens (including phenoxy) is 1. The Morgan fingerprint density at radius 2 is 2.04 bits per heavy atom. The molecule has 2 aromatic rings. The highest BCUT2D eigenvalue weighted by Gasteiger charge is 2.11. The Hall–Kier alpha value is -1.82.